The van der Waals surface area contributed by atoms with Crippen molar-refractivity contribution in [2.45, 2.75) is 6.42 Å². The Morgan fingerprint density at radius 2 is 2.00 bits per heavy atom. The minimum absolute atomic E-state index is 0.0517. The summed E-state index contributed by atoms with van der Waals surface area (Å²) in [6.45, 7) is 0.139. The van der Waals surface area contributed by atoms with E-state index in [-0.39, 0.29) is 13.0 Å². The van der Waals surface area contributed by atoms with Crippen LogP contribution in [-0.4, -0.2) is 34.5 Å². The number of carbonyl (C=O) groups is 3. The monoisotopic (exact) mass is 301 g/mol. The Labute approximate surface area is 125 Å². The number of aromatic nitrogens is 2. The standard InChI is InChI=1S/C14H15N5O3/c15-11(20)4-5-17-14(22)10-7-18-19-12(10)8-2-1-3-9(6-8)13(16)21/h1-3,6-7H,4-5H2,(H2,15,20)(H2,16,21)(H,17,22)(H,18,19). The van der Waals surface area contributed by atoms with Crippen LogP contribution >= 0.6 is 0 Å². The van der Waals surface area contributed by atoms with E-state index in [4.69, 9.17) is 11.5 Å². The Morgan fingerprint density at radius 3 is 2.68 bits per heavy atom. The highest BCUT2D eigenvalue weighted by molar-refractivity contribution is 6.00. The zero-order valence-electron chi connectivity index (χ0n) is 11.6. The summed E-state index contributed by atoms with van der Waals surface area (Å²) < 4.78 is 0. The van der Waals surface area contributed by atoms with E-state index in [1.807, 2.05) is 0 Å². The number of hydrogen-bond acceptors (Lipinski definition) is 4. The van der Waals surface area contributed by atoms with Crippen LogP contribution in [0.3, 0.4) is 0 Å². The number of aromatic amines is 1. The van der Waals surface area contributed by atoms with Gasteiger partial charge in [0, 0.05) is 24.1 Å². The van der Waals surface area contributed by atoms with Gasteiger partial charge in [0.1, 0.15) is 0 Å². The van der Waals surface area contributed by atoms with Crippen LogP contribution in [-0.2, 0) is 4.79 Å². The third-order valence-electron chi connectivity index (χ3n) is 2.98. The van der Waals surface area contributed by atoms with Gasteiger partial charge in [0.15, 0.2) is 0 Å². The molecule has 0 unspecified atom stereocenters. The van der Waals surface area contributed by atoms with Crippen molar-refractivity contribution in [1.82, 2.24) is 15.5 Å². The van der Waals surface area contributed by atoms with Crippen LogP contribution in [0.4, 0.5) is 0 Å². The normalized spacial score (nSPS) is 10.2. The Hall–Kier alpha value is -3.16. The van der Waals surface area contributed by atoms with Crippen LogP contribution in [0.2, 0.25) is 0 Å². The zero-order chi connectivity index (χ0) is 16.1. The largest absolute Gasteiger partial charge is 0.370 e. The molecule has 0 aliphatic heterocycles. The Kier molecular flexibility index (Phi) is 4.52. The lowest BCUT2D eigenvalue weighted by molar-refractivity contribution is -0.117. The molecular formula is C14H15N5O3. The molecule has 22 heavy (non-hydrogen) atoms. The van der Waals surface area contributed by atoms with E-state index in [0.717, 1.165) is 0 Å². The molecule has 1 aromatic carbocycles. The van der Waals surface area contributed by atoms with Crippen LogP contribution in [0.15, 0.2) is 30.5 Å². The molecule has 0 saturated carbocycles. The van der Waals surface area contributed by atoms with Gasteiger partial charge in [-0.25, -0.2) is 0 Å². The highest BCUT2D eigenvalue weighted by atomic mass is 16.2. The van der Waals surface area contributed by atoms with E-state index < -0.39 is 17.7 Å². The maximum absolute atomic E-state index is 12.1. The predicted molar refractivity (Wildman–Crippen MR) is 78.7 cm³/mol. The number of primary amides is 2. The molecule has 0 spiro atoms. The van der Waals surface area contributed by atoms with Gasteiger partial charge < -0.3 is 16.8 Å². The van der Waals surface area contributed by atoms with Crippen LogP contribution in [0.5, 0.6) is 0 Å². The molecule has 2 aromatic rings. The van der Waals surface area contributed by atoms with Gasteiger partial charge in [0.25, 0.3) is 5.91 Å². The Morgan fingerprint density at radius 1 is 1.23 bits per heavy atom. The fourth-order valence-corrected chi connectivity index (χ4v) is 1.90. The number of nitrogens with one attached hydrogen (secondary N) is 2. The molecule has 0 aliphatic rings. The zero-order valence-corrected chi connectivity index (χ0v) is 11.6. The minimum Gasteiger partial charge on any atom is -0.370 e. The number of H-pyrrole nitrogens is 1. The van der Waals surface area contributed by atoms with Crippen molar-refractivity contribution >= 4 is 17.7 Å². The fourth-order valence-electron chi connectivity index (χ4n) is 1.90. The van der Waals surface area contributed by atoms with Crippen molar-refractivity contribution < 1.29 is 14.4 Å². The maximum atomic E-state index is 12.1. The van der Waals surface area contributed by atoms with Crippen LogP contribution in [0.1, 0.15) is 27.1 Å². The first-order chi connectivity index (χ1) is 10.5. The molecule has 8 nitrogen and oxygen atoms in total. The maximum Gasteiger partial charge on any atom is 0.255 e. The van der Waals surface area contributed by atoms with E-state index in [1.165, 1.54) is 6.20 Å². The van der Waals surface area contributed by atoms with E-state index in [2.05, 4.69) is 15.5 Å². The Bertz CT molecular complexity index is 723. The number of carbonyl (C=O) groups excluding carboxylic acids is 3. The number of benzene rings is 1. The molecule has 0 saturated heterocycles. The molecule has 8 heteroatoms. The molecule has 6 N–H and O–H groups in total. The van der Waals surface area contributed by atoms with E-state index in [0.29, 0.717) is 22.4 Å². The third-order valence-corrected chi connectivity index (χ3v) is 2.98. The van der Waals surface area contributed by atoms with Gasteiger partial charge in [-0.15, -0.1) is 0 Å². The summed E-state index contributed by atoms with van der Waals surface area (Å²) in [6, 6.07) is 6.52. The number of amides is 3. The highest BCUT2D eigenvalue weighted by Crippen LogP contribution is 2.22. The van der Waals surface area contributed by atoms with Crippen molar-refractivity contribution in [3.05, 3.63) is 41.6 Å². The van der Waals surface area contributed by atoms with Crippen LogP contribution in [0.25, 0.3) is 11.3 Å². The quantitative estimate of drug-likeness (QED) is 0.584. The van der Waals surface area contributed by atoms with E-state index >= 15 is 0 Å². The summed E-state index contributed by atoms with van der Waals surface area (Å²) in [5.74, 6) is -1.45. The molecule has 0 aliphatic carbocycles. The average Bonchev–Trinajstić information content (AvgIpc) is 2.96. The van der Waals surface area contributed by atoms with Crippen LogP contribution in [0, 0.1) is 0 Å². The van der Waals surface area contributed by atoms with E-state index in [1.54, 1.807) is 24.3 Å². The first-order valence-electron chi connectivity index (χ1n) is 6.49. The van der Waals surface area contributed by atoms with E-state index in [9.17, 15) is 14.4 Å². The lowest BCUT2D eigenvalue weighted by Crippen LogP contribution is -2.28. The summed E-state index contributed by atoms with van der Waals surface area (Å²) in [7, 11) is 0. The summed E-state index contributed by atoms with van der Waals surface area (Å²) in [4.78, 5) is 34.0. The molecular weight excluding hydrogens is 286 g/mol. The van der Waals surface area contributed by atoms with Gasteiger partial charge in [0.05, 0.1) is 17.5 Å². The number of hydrogen-bond donors (Lipinski definition) is 4. The van der Waals surface area contributed by atoms with Gasteiger partial charge in [-0.2, -0.15) is 5.10 Å². The molecule has 3 amide bonds. The average molecular weight is 301 g/mol. The SMILES string of the molecule is NC(=O)CCNC(=O)c1cn[nH]c1-c1cccc(C(N)=O)c1. The molecule has 1 aromatic heterocycles. The summed E-state index contributed by atoms with van der Waals surface area (Å²) in [5.41, 5.74) is 11.9. The second-order valence-electron chi connectivity index (χ2n) is 4.58. The molecule has 0 atom stereocenters. The number of nitrogens with zero attached hydrogens (tertiary/aromatic N) is 1. The number of nitrogens with two attached hydrogens (primary N) is 2. The summed E-state index contributed by atoms with van der Waals surface area (Å²) in [5, 5.41) is 9.13. The van der Waals surface area contributed by atoms with Crippen LogP contribution < -0.4 is 16.8 Å². The second-order valence-corrected chi connectivity index (χ2v) is 4.58. The topological polar surface area (TPSA) is 144 Å². The summed E-state index contributed by atoms with van der Waals surface area (Å²) >= 11 is 0. The van der Waals surface area contributed by atoms with Crippen molar-refractivity contribution in [3.63, 3.8) is 0 Å². The number of rotatable bonds is 6. The molecule has 0 radical (unpaired) electrons. The van der Waals surface area contributed by atoms with Gasteiger partial charge in [-0.3, -0.25) is 19.5 Å². The second kappa shape index (κ2) is 6.53. The van der Waals surface area contributed by atoms with Crippen molar-refractivity contribution in [2.75, 3.05) is 6.54 Å². The van der Waals surface area contributed by atoms with Crippen molar-refractivity contribution in [2.24, 2.45) is 11.5 Å². The smallest absolute Gasteiger partial charge is 0.255 e. The molecule has 114 valence electrons. The predicted octanol–water partition coefficient (Wildman–Crippen LogP) is -0.219. The summed E-state index contributed by atoms with van der Waals surface area (Å²) in [6.07, 6.45) is 1.42. The highest BCUT2D eigenvalue weighted by Gasteiger charge is 2.16. The van der Waals surface area contributed by atoms with Gasteiger partial charge in [0.2, 0.25) is 11.8 Å². The minimum atomic E-state index is -0.561. The molecule has 1 heterocycles. The third kappa shape index (κ3) is 3.48. The lowest BCUT2D eigenvalue weighted by Gasteiger charge is -2.06. The first-order valence-corrected chi connectivity index (χ1v) is 6.49. The molecule has 0 bridgehead atoms. The first kappa shape index (κ1) is 15.2. The Balaban J connectivity index is 2.22. The lowest BCUT2D eigenvalue weighted by atomic mass is 10.0. The van der Waals surface area contributed by atoms with Crippen molar-refractivity contribution in [1.29, 1.82) is 0 Å². The van der Waals surface area contributed by atoms with Crippen molar-refractivity contribution in [3.8, 4) is 11.3 Å². The molecule has 0 fully saturated rings. The molecule has 2 rings (SSSR count). The van der Waals surface area contributed by atoms with Gasteiger partial charge in [-0.05, 0) is 12.1 Å². The van der Waals surface area contributed by atoms with Gasteiger partial charge in [-0.1, -0.05) is 12.1 Å². The van der Waals surface area contributed by atoms with Gasteiger partial charge >= 0.3 is 0 Å². The fraction of sp³-hybridized carbons (Fsp3) is 0.143.